The fourth-order valence-electron chi connectivity index (χ4n) is 8.52. The fourth-order valence-corrected chi connectivity index (χ4v) is 8.52. The predicted octanol–water partition coefficient (Wildman–Crippen LogP) is 14.5. The number of hydrogen-bond acceptors (Lipinski definition) is 3. The van der Waals surface area contributed by atoms with Crippen molar-refractivity contribution in [2.24, 2.45) is 5.41 Å². The summed E-state index contributed by atoms with van der Waals surface area (Å²) in [5, 5.41) is 1.92. The zero-order valence-electron chi connectivity index (χ0n) is 46.1. The Kier molecular flexibility index (Phi) is 9.81. The fraction of sp³-hybridized carbons (Fsp3) is 0.217. The molecule has 0 atom stereocenters. The summed E-state index contributed by atoms with van der Waals surface area (Å²) >= 11 is 0. The minimum absolute atomic E-state index is 0. The summed E-state index contributed by atoms with van der Waals surface area (Å²) < 4.78 is 74.6. The molecule has 0 radical (unpaired) electrons. The molecule has 7 heteroatoms. The van der Waals surface area contributed by atoms with Crippen molar-refractivity contribution in [3.05, 3.63) is 193 Å². The number of imidazole rings is 1. The quantitative estimate of drug-likeness (QED) is 0.113. The van der Waals surface area contributed by atoms with Gasteiger partial charge in [-0.1, -0.05) is 153 Å². The first kappa shape index (κ1) is 37.5. The van der Waals surface area contributed by atoms with Gasteiger partial charge in [0.15, 0.2) is 0 Å². The Morgan fingerprint density at radius 2 is 1.37 bits per heavy atom. The molecular formula is C60H55N5OPt-2. The van der Waals surface area contributed by atoms with Crippen LogP contribution < -0.4 is 9.30 Å². The molecule has 0 spiro atoms. The first-order valence-corrected chi connectivity index (χ1v) is 22.2. The van der Waals surface area contributed by atoms with Gasteiger partial charge >= 0.3 is 0 Å². The second-order valence-electron chi connectivity index (χ2n) is 19.9. The van der Waals surface area contributed by atoms with Crippen molar-refractivity contribution in [3.8, 4) is 50.9 Å². The topological polar surface area (TPSA) is 48.8 Å². The van der Waals surface area contributed by atoms with Crippen LogP contribution in [0.1, 0.15) is 88.6 Å². The van der Waals surface area contributed by atoms with Gasteiger partial charge in [0.25, 0.3) is 6.33 Å². The van der Waals surface area contributed by atoms with Crippen molar-refractivity contribution in [1.29, 1.82) is 0 Å². The number of nitrogens with zero attached hydrogens (tertiary/aromatic N) is 5. The van der Waals surface area contributed by atoms with Crippen LogP contribution in [-0.2, 0) is 38.3 Å². The monoisotopic (exact) mass is 1060 g/mol. The van der Waals surface area contributed by atoms with E-state index in [1.807, 2.05) is 107 Å². The van der Waals surface area contributed by atoms with Crippen LogP contribution in [0.2, 0.25) is 0 Å². The standard InChI is InChI=1S/C60H55N5O.Pt/c1-58(2,3)37-40-27-30-62-56(31-40)65-52-24-14-13-21-50(52)51-26-25-47(36-54(51)65)66-46-20-15-19-45(35-46)63-39-64(53-28-29-61-38-55(53)63)57-48(41-17-11-10-12-18-41)22-16-23-49(57)42-32-43(59(4,5)6)34-44(33-42)60(7,8)9;/h10-34,38H,37H2,1-9H3;/q-2;/i10D,11D,12D,17D,18D,37D2;. The second kappa shape index (κ2) is 17.6. The molecule has 10 rings (SSSR count). The van der Waals surface area contributed by atoms with E-state index in [1.54, 1.807) is 30.7 Å². The molecule has 4 aromatic heterocycles. The Labute approximate surface area is 419 Å². The number of fused-ring (bicyclic) bond motifs is 4. The number of aromatic nitrogens is 5. The Morgan fingerprint density at radius 1 is 0.672 bits per heavy atom. The van der Waals surface area contributed by atoms with E-state index in [1.165, 1.54) is 0 Å². The van der Waals surface area contributed by atoms with Gasteiger partial charge in [0.1, 0.15) is 5.82 Å². The van der Waals surface area contributed by atoms with Crippen LogP contribution in [0.5, 0.6) is 11.5 Å². The van der Waals surface area contributed by atoms with E-state index in [4.69, 9.17) is 16.6 Å². The van der Waals surface area contributed by atoms with E-state index in [-0.39, 0.29) is 49.5 Å². The SMILES string of the molecule is [2H]c1c([2H])c([2H])c(-c2cccc(-c3cc(C(C)(C)C)cc(C(C)(C)C)c3)c2-[n+]2[c-]n(-c3[c-]c(Oc4[c-]c5c(cc4)c4ccccc4n5-c4cc(C([2H])([2H])C(C)(C)C)ccn4)ccc3)c3cnccc32)c([2H])c1[2H].[Pt]. The van der Waals surface area contributed by atoms with Crippen molar-refractivity contribution in [2.75, 3.05) is 0 Å². The number of para-hydroxylation sites is 2. The van der Waals surface area contributed by atoms with Crippen LogP contribution in [0, 0.1) is 23.9 Å². The maximum absolute atomic E-state index is 9.19. The Balaban J connectivity index is 0.00000672. The average molecular weight is 1060 g/mol. The second-order valence-corrected chi connectivity index (χ2v) is 19.9. The molecular weight excluding hydrogens is 1000 g/mol. The third-order valence-corrected chi connectivity index (χ3v) is 11.7. The van der Waals surface area contributed by atoms with Crippen LogP contribution in [0.3, 0.4) is 0 Å². The summed E-state index contributed by atoms with van der Waals surface area (Å²) in [7, 11) is 0. The smallest absolute Gasteiger partial charge is 0.268 e. The van der Waals surface area contributed by atoms with Gasteiger partial charge in [0, 0.05) is 59.4 Å². The molecule has 0 fully saturated rings. The summed E-state index contributed by atoms with van der Waals surface area (Å²) in [6, 6.07) is 40.3. The number of rotatable bonds is 8. The van der Waals surface area contributed by atoms with Crippen LogP contribution >= 0.6 is 0 Å². The van der Waals surface area contributed by atoms with Gasteiger partial charge in [-0.2, -0.15) is 18.2 Å². The minimum Gasteiger partial charge on any atom is -0.510 e. The Hall–Kier alpha value is -6.62. The van der Waals surface area contributed by atoms with E-state index in [9.17, 15) is 2.74 Å². The van der Waals surface area contributed by atoms with E-state index in [0.717, 1.165) is 38.5 Å². The molecule has 0 aliphatic rings. The first-order valence-electron chi connectivity index (χ1n) is 25.7. The van der Waals surface area contributed by atoms with Crippen LogP contribution in [0.15, 0.2) is 158 Å². The number of pyridine rings is 2. The maximum atomic E-state index is 9.19. The van der Waals surface area contributed by atoms with Crippen molar-refractivity contribution in [1.82, 2.24) is 19.1 Å². The predicted molar refractivity (Wildman–Crippen MR) is 269 cm³/mol. The molecule has 0 unspecified atom stereocenters. The van der Waals surface area contributed by atoms with Crippen molar-refractivity contribution in [3.63, 3.8) is 0 Å². The van der Waals surface area contributed by atoms with E-state index >= 15 is 0 Å². The van der Waals surface area contributed by atoms with Crippen LogP contribution in [-0.4, -0.2) is 19.1 Å². The molecule has 0 amide bonds. The normalized spacial score (nSPS) is 13.9. The third kappa shape index (κ3) is 9.00. The molecule has 6 aromatic carbocycles. The molecule has 0 N–H and O–H groups in total. The van der Waals surface area contributed by atoms with Crippen molar-refractivity contribution in [2.45, 2.75) is 79.5 Å². The number of ether oxygens (including phenoxy) is 1. The molecule has 0 saturated carbocycles. The zero-order valence-corrected chi connectivity index (χ0v) is 41.4. The molecule has 67 heavy (non-hydrogen) atoms. The maximum Gasteiger partial charge on any atom is 0.268 e. The van der Waals surface area contributed by atoms with Crippen LogP contribution in [0.4, 0.5) is 0 Å². The average Bonchev–Trinajstić information content (AvgIpc) is 3.90. The van der Waals surface area contributed by atoms with Gasteiger partial charge in [-0.25, -0.2) is 4.98 Å². The summed E-state index contributed by atoms with van der Waals surface area (Å²) in [5.41, 5.74) is 8.01. The first-order chi connectivity index (χ1) is 34.4. The van der Waals surface area contributed by atoms with E-state index in [0.29, 0.717) is 56.4 Å². The molecule has 10 aromatic rings. The van der Waals surface area contributed by atoms with Gasteiger partial charge in [-0.3, -0.25) is 9.55 Å². The summed E-state index contributed by atoms with van der Waals surface area (Å²) in [4.78, 5) is 9.29. The van der Waals surface area contributed by atoms with Gasteiger partial charge in [-0.05, 0) is 96.9 Å². The molecule has 338 valence electrons. The molecule has 6 nitrogen and oxygen atoms in total. The molecule has 0 bridgehead atoms. The number of hydrogen-bond donors (Lipinski definition) is 0. The van der Waals surface area contributed by atoms with E-state index < -0.39 is 29.9 Å². The van der Waals surface area contributed by atoms with Crippen LogP contribution in [0.25, 0.3) is 72.3 Å². The third-order valence-electron chi connectivity index (χ3n) is 11.7. The summed E-state index contributed by atoms with van der Waals surface area (Å²) in [6.07, 6.45) is 7.06. The summed E-state index contributed by atoms with van der Waals surface area (Å²) in [6.45, 7) is 18.8. The molecule has 0 aliphatic heterocycles. The minimum atomic E-state index is -1.63. The Bertz CT molecular complexity index is 3780. The van der Waals surface area contributed by atoms with Gasteiger partial charge in [0.05, 0.1) is 23.6 Å². The van der Waals surface area contributed by atoms with E-state index in [2.05, 4.69) is 89.3 Å². The van der Waals surface area contributed by atoms with Gasteiger partial charge < -0.3 is 13.9 Å². The Morgan fingerprint density at radius 3 is 2.10 bits per heavy atom. The molecule has 4 heterocycles. The largest absolute Gasteiger partial charge is 0.510 e. The zero-order chi connectivity index (χ0) is 52.1. The van der Waals surface area contributed by atoms with Crippen molar-refractivity contribution >= 4 is 32.8 Å². The molecule has 0 aliphatic carbocycles. The van der Waals surface area contributed by atoms with Gasteiger partial charge in [-0.15, -0.1) is 29.7 Å². The molecule has 0 saturated heterocycles. The summed E-state index contributed by atoms with van der Waals surface area (Å²) in [5.74, 6) is 1.38. The van der Waals surface area contributed by atoms with Crippen molar-refractivity contribution < 1.29 is 40.0 Å². The van der Waals surface area contributed by atoms with Gasteiger partial charge in [0.2, 0.25) is 0 Å². The number of benzene rings is 6.